The van der Waals surface area contributed by atoms with E-state index in [0.29, 0.717) is 11.5 Å². The van der Waals surface area contributed by atoms with E-state index in [-0.39, 0.29) is 0 Å². The Hall–Kier alpha value is -0.860. The maximum atomic E-state index is 3.84. The standard InChI is InChI=1S/C18H30N2/c1-4-8-17(16-9-6-5-7-10-16)19-15-18(2)11-13-20(3)14-12-18/h5-7,9-10,17,19H,4,8,11-15H2,1-3H3. The van der Waals surface area contributed by atoms with Crippen molar-refractivity contribution in [1.29, 1.82) is 0 Å². The van der Waals surface area contributed by atoms with Gasteiger partial charge in [-0.25, -0.2) is 0 Å². The molecule has 0 aromatic heterocycles. The molecule has 0 saturated carbocycles. The fourth-order valence-electron chi connectivity index (χ4n) is 3.07. The summed E-state index contributed by atoms with van der Waals surface area (Å²) in [7, 11) is 2.23. The first-order chi connectivity index (χ1) is 9.63. The lowest BCUT2D eigenvalue weighted by Gasteiger charge is -2.39. The molecule has 1 heterocycles. The van der Waals surface area contributed by atoms with E-state index >= 15 is 0 Å². The normalized spacial score (nSPS) is 20.8. The van der Waals surface area contributed by atoms with E-state index in [9.17, 15) is 0 Å². The van der Waals surface area contributed by atoms with Crippen molar-refractivity contribution in [2.45, 2.75) is 45.6 Å². The zero-order valence-electron chi connectivity index (χ0n) is 13.4. The quantitative estimate of drug-likeness (QED) is 0.847. The lowest BCUT2D eigenvalue weighted by molar-refractivity contribution is 0.133. The van der Waals surface area contributed by atoms with Crippen LogP contribution in [0, 0.1) is 5.41 Å². The molecule has 0 amide bonds. The molecule has 1 aromatic carbocycles. The Morgan fingerprint density at radius 3 is 2.45 bits per heavy atom. The lowest BCUT2D eigenvalue weighted by atomic mass is 9.80. The van der Waals surface area contributed by atoms with Crippen LogP contribution in [0.5, 0.6) is 0 Å². The number of hydrogen-bond donors (Lipinski definition) is 1. The summed E-state index contributed by atoms with van der Waals surface area (Å²) in [4.78, 5) is 2.45. The Labute approximate surface area is 124 Å². The van der Waals surface area contributed by atoms with Gasteiger partial charge in [-0.2, -0.15) is 0 Å². The van der Waals surface area contributed by atoms with Gasteiger partial charge in [0.2, 0.25) is 0 Å². The summed E-state index contributed by atoms with van der Waals surface area (Å²) < 4.78 is 0. The van der Waals surface area contributed by atoms with E-state index in [4.69, 9.17) is 0 Å². The molecule has 1 aliphatic heterocycles. The average Bonchev–Trinajstić information content (AvgIpc) is 2.48. The highest BCUT2D eigenvalue weighted by Gasteiger charge is 2.29. The van der Waals surface area contributed by atoms with Gasteiger partial charge in [-0.15, -0.1) is 0 Å². The second-order valence-electron chi connectivity index (χ2n) is 6.75. The molecule has 2 rings (SSSR count). The van der Waals surface area contributed by atoms with Crippen LogP contribution >= 0.6 is 0 Å². The number of hydrogen-bond acceptors (Lipinski definition) is 2. The molecular formula is C18H30N2. The van der Waals surface area contributed by atoms with Gasteiger partial charge in [-0.05, 0) is 50.4 Å². The monoisotopic (exact) mass is 274 g/mol. The Morgan fingerprint density at radius 2 is 1.85 bits per heavy atom. The summed E-state index contributed by atoms with van der Waals surface area (Å²) in [5, 5.41) is 3.84. The Balaban J connectivity index is 1.92. The fourth-order valence-corrected chi connectivity index (χ4v) is 3.07. The predicted molar refractivity (Wildman–Crippen MR) is 86.9 cm³/mol. The molecular weight excluding hydrogens is 244 g/mol. The highest BCUT2D eigenvalue weighted by Crippen LogP contribution is 2.30. The smallest absolute Gasteiger partial charge is 0.0320 e. The summed E-state index contributed by atoms with van der Waals surface area (Å²) in [6, 6.07) is 11.4. The number of nitrogens with zero attached hydrogens (tertiary/aromatic N) is 1. The van der Waals surface area contributed by atoms with Crippen LogP contribution in [0.4, 0.5) is 0 Å². The van der Waals surface area contributed by atoms with Crippen LogP contribution in [0.3, 0.4) is 0 Å². The summed E-state index contributed by atoms with van der Waals surface area (Å²) in [5.41, 5.74) is 1.90. The number of piperidine rings is 1. The van der Waals surface area contributed by atoms with Crippen molar-refractivity contribution in [2.24, 2.45) is 5.41 Å². The second-order valence-corrected chi connectivity index (χ2v) is 6.75. The van der Waals surface area contributed by atoms with Crippen LogP contribution in [0.15, 0.2) is 30.3 Å². The van der Waals surface area contributed by atoms with E-state index in [0.717, 1.165) is 6.54 Å². The van der Waals surface area contributed by atoms with E-state index in [1.54, 1.807) is 0 Å². The van der Waals surface area contributed by atoms with E-state index in [2.05, 4.69) is 61.4 Å². The Kier molecular flexibility index (Phi) is 5.62. The number of nitrogens with one attached hydrogen (secondary N) is 1. The zero-order chi connectivity index (χ0) is 14.4. The number of rotatable bonds is 6. The van der Waals surface area contributed by atoms with E-state index < -0.39 is 0 Å². The average molecular weight is 274 g/mol. The van der Waals surface area contributed by atoms with Gasteiger partial charge in [0.1, 0.15) is 0 Å². The fraction of sp³-hybridized carbons (Fsp3) is 0.667. The van der Waals surface area contributed by atoms with Crippen molar-refractivity contribution in [3.8, 4) is 0 Å². The lowest BCUT2D eigenvalue weighted by Crippen LogP contribution is -2.42. The molecule has 0 aliphatic carbocycles. The molecule has 1 unspecified atom stereocenters. The second kappa shape index (κ2) is 7.24. The van der Waals surface area contributed by atoms with Crippen LogP contribution in [-0.4, -0.2) is 31.6 Å². The molecule has 0 spiro atoms. The minimum Gasteiger partial charge on any atom is -0.309 e. The molecule has 1 N–H and O–H groups in total. The topological polar surface area (TPSA) is 15.3 Å². The van der Waals surface area contributed by atoms with Crippen molar-refractivity contribution < 1.29 is 0 Å². The first kappa shape index (κ1) is 15.5. The van der Waals surface area contributed by atoms with Crippen molar-refractivity contribution in [3.63, 3.8) is 0 Å². The minimum atomic E-state index is 0.466. The van der Waals surface area contributed by atoms with Crippen LogP contribution in [0.2, 0.25) is 0 Å². The Morgan fingerprint density at radius 1 is 1.20 bits per heavy atom. The van der Waals surface area contributed by atoms with Crippen LogP contribution in [-0.2, 0) is 0 Å². The molecule has 0 radical (unpaired) electrons. The van der Waals surface area contributed by atoms with Gasteiger partial charge in [0.05, 0.1) is 0 Å². The minimum absolute atomic E-state index is 0.466. The van der Waals surface area contributed by atoms with Crippen LogP contribution < -0.4 is 5.32 Å². The van der Waals surface area contributed by atoms with Gasteiger partial charge in [0, 0.05) is 12.6 Å². The molecule has 20 heavy (non-hydrogen) atoms. The molecule has 1 fully saturated rings. The number of likely N-dealkylation sites (tertiary alicyclic amines) is 1. The molecule has 112 valence electrons. The third-order valence-electron chi connectivity index (χ3n) is 4.75. The van der Waals surface area contributed by atoms with Gasteiger partial charge in [-0.3, -0.25) is 0 Å². The summed E-state index contributed by atoms with van der Waals surface area (Å²) in [6.45, 7) is 8.33. The highest BCUT2D eigenvalue weighted by molar-refractivity contribution is 5.18. The summed E-state index contributed by atoms with van der Waals surface area (Å²) >= 11 is 0. The first-order valence-corrected chi connectivity index (χ1v) is 8.10. The maximum Gasteiger partial charge on any atom is 0.0320 e. The molecule has 2 nitrogen and oxygen atoms in total. The van der Waals surface area contributed by atoms with Crippen molar-refractivity contribution in [3.05, 3.63) is 35.9 Å². The molecule has 1 aromatic rings. The third kappa shape index (κ3) is 4.32. The van der Waals surface area contributed by atoms with E-state index in [1.807, 2.05) is 0 Å². The predicted octanol–water partition coefficient (Wildman–Crippen LogP) is 3.85. The molecule has 0 bridgehead atoms. The summed E-state index contributed by atoms with van der Waals surface area (Å²) in [5.74, 6) is 0. The van der Waals surface area contributed by atoms with Gasteiger partial charge in [-0.1, -0.05) is 50.6 Å². The van der Waals surface area contributed by atoms with Gasteiger partial charge in [0.25, 0.3) is 0 Å². The van der Waals surface area contributed by atoms with Crippen molar-refractivity contribution >= 4 is 0 Å². The summed E-state index contributed by atoms with van der Waals surface area (Å²) in [6.07, 6.45) is 5.07. The molecule has 1 atom stereocenters. The third-order valence-corrected chi connectivity index (χ3v) is 4.75. The van der Waals surface area contributed by atoms with Gasteiger partial charge >= 0.3 is 0 Å². The maximum absolute atomic E-state index is 3.84. The first-order valence-electron chi connectivity index (χ1n) is 8.10. The zero-order valence-corrected chi connectivity index (χ0v) is 13.4. The van der Waals surface area contributed by atoms with Gasteiger partial charge in [0.15, 0.2) is 0 Å². The molecule has 1 saturated heterocycles. The SMILES string of the molecule is CCCC(NCC1(C)CCN(C)CC1)c1ccccc1. The number of benzene rings is 1. The molecule has 2 heteroatoms. The highest BCUT2D eigenvalue weighted by atomic mass is 15.1. The van der Waals surface area contributed by atoms with Crippen LogP contribution in [0.25, 0.3) is 0 Å². The van der Waals surface area contributed by atoms with Crippen molar-refractivity contribution in [1.82, 2.24) is 10.2 Å². The van der Waals surface area contributed by atoms with E-state index in [1.165, 1.54) is 44.3 Å². The largest absolute Gasteiger partial charge is 0.309 e. The molecule has 1 aliphatic rings. The van der Waals surface area contributed by atoms with Crippen molar-refractivity contribution in [2.75, 3.05) is 26.7 Å². The van der Waals surface area contributed by atoms with Gasteiger partial charge < -0.3 is 10.2 Å². The van der Waals surface area contributed by atoms with Crippen LogP contribution in [0.1, 0.15) is 51.1 Å². The Bertz CT molecular complexity index is 380.